The normalized spacial score (nSPS) is 21.9. The van der Waals surface area contributed by atoms with E-state index < -0.39 is 284 Å². The van der Waals surface area contributed by atoms with E-state index in [0.29, 0.717) is 93.6 Å². The van der Waals surface area contributed by atoms with Gasteiger partial charge in [-0.15, -0.1) is 11.8 Å². The zero-order chi connectivity index (χ0) is 110. The second kappa shape index (κ2) is 66.8. The fourth-order valence-electron chi connectivity index (χ4n) is 16.3. The SMILES string of the molecule is CCCCCCN1CC(=O)N[C@@H](Cc2ccc(O)cc2)C(=O)N[C@@H](CCCCC)C(=O)N[C@H](CC(N)=O)C(=O)N[C@@H](CCCNC(=N)N)C(=O)N[C@@H](CC(C)C)C(=O)N[C@@H](CCCCC)C(=O)N2CCC[C@H]2C(=O)N[C@@H](C(C)C)C(=O)N[C@@H](CO)C(=O)N[C@@H](C(=O)NCC(=O)NCC(=O)NCC(=O)N[C@H](CCCCN)C(N)=O)CSCC(=O)N[C@@H](Cc2ccccc2)C(=O)N[C@@H](Cc2ccc(O)cc2)C(=O)N[C@@H](CC(=O)O)C1=O. The molecule has 0 radical (unpaired) electrons. The minimum atomic E-state index is -2.05. The van der Waals surface area contributed by atoms with Gasteiger partial charge in [-0.1, -0.05) is 161 Å². The van der Waals surface area contributed by atoms with Gasteiger partial charge in [0.1, 0.15) is 96.1 Å². The fourth-order valence-corrected chi connectivity index (χ4v) is 17.1. The highest BCUT2D eigenvalue weighted by atomic mass is 32.2. The number of thioether (sulfide) groups is 1. The third kappa shape index (κ3) is 46.7. The lowest BCUT2D eigenvalue weighted by Crippen LogP contribution is -2.61. The van der Waals surface area contributed by atoms with Crippen LogP contribution in [0, 0.1) is 17.2 Å². The summed E-state index contributed by atoms with van der Waals surface area (Å²) in [4.78, 5) is 303. The second-order valence-corrected chi connectivity index (χ2v) is 38.6. The molecule has 14 atom stereocenters. The lowest BCUT2D eigenvalue weighted by molar-refractivity contribution is -0.145. The molecule has 0 aromatic heterocycles. The number of carboxylic acids is 1. The number of aromatic hydroxyl groups is 2. The molecule has 30 N–H and O–H groups in total. The van der Waals surface area contributed by atoms with Gasteiger partial charge < -0.3 is 144 Å². The molecule has 0 saturated carbocycles. The van der Waals surface area contributed by atoms with Crippen molar-refractivity contribution >= 4 is 142 Å². The first-order chi connectivity index (χ1) is 70.9. The molecule has 2 heterocycles. The van der Waals surface area contributed by atoms with E-state index in [1.165, 1.54) is 67.3 Å². The molecule has 0 unspecified atom stereocenters. The van der Waals surface area contributed by atoms with Crippen molar-refractivity contribution in [3.63, 3.8) is 0 Å². The summed E-state index contributed by atoms with van der Waals surface area (Å²) in [6.07, 6.45) is 2.38. The summed E-state index contributed by atoms with van der Waals surface area (Å²) in [5.41, 5.74) is 23.4. The number of carbonyl (C=O) groups is 21. The number of carbonyl (C=O) groups excluding carboxylic acids is 20. The number of phenols is 2. The van der Waals surface area contributed by atoms with Gasteiger partial charge in [0.15, 0.2) is 5.96 Å². The Kier molecular flexibility index (Phi) is 56.1. The van der Waals surface area contributed by atoms with Gasteiger partial charge in [0.2, 0.25) is 118 Å². The first kappa shape index (κ1) is 125. The molecule has 5 rings (SSSR count). The fraction of sp³-hybridized carbons (Fsp3) is 0.596. The van der Waals surface area contributed by atoms with E-state index in [-0.39, 0.29) is 120 Å². The maximum Gasteiger partial charge on any atom is 0.305 e. The second-order valence-electron chi connectivity index (χ2n) is 37.6. The van der Waals surface area contributed by atoms with Gasteiger partial charge in [-0.25, -0.2) is 0 Å². The van der Waals surface area contributed by atoms with E-state index in [1.54, 1.807) is 44.2 Å². The molecule has 2 aliphatic rings. The van der Waals surface area contributed by atoms with Gasteiger partial charge in [0, 0.05) is 44.6 Å². The standard InChI is InChI=1S/C99H152N24O25S/c1-8-11-14-22-42-122-53-81(131)110-69(46-60-32-36-62(125)37-33-60)90(140)112-65(28-16-12-9-2)87(137)117-72(48-77(101)127)93(143)113-66(30-23-41-105-99(103)104)88(138)115-68(44-57(4)5)89(139)114-67(29-17-13-10-3)98(148)123-43-24-31-76(123)95(145)121-84(58(6)7)96(146)119-74(54-124)94(144)120-75(86(136)108-51-79(129)106-50-78(128)107-52-80(130)109-64(85(102)135)27-20-21-40-100)55-149-56-82(132)111-70(45-59-25-18-15-19-26-59)91(141)116-71(47-61-34-38-63(126)39-35-61)92(142)118-73(97(122)147)49-83(133)134/h15,18-19,25-26,32-39,57-58,64-76,84,124-126H,8-14,16-17,20-24,27-31,40-56,100H2,1-7H3,(H2,101,127)(H2,102,135)(H,106,129)(H,107,128)(H,108,136)(H,109,130)(H,110,131)(H,111,132)(H,112,140)(H,113,143)(H,114,139)(H,115,138)(H,116,141)(H,117,137)(H,118,142)(H,119,146)(H,120,144)(H,121,145)(H,133,134)(H4,103,104,105)/t64-,65+,66+,67+,68+,69+,70+,71+,72-,73+,74+,75-,76+,84+/m1/s1. The quantitative estimate of drug-likeness (QED) is 0.0146. The van der Waals surface area contributed by atoms with Crippen LogP contribution >= 0.6 is 11.8 Å². The number of hydrogen-bond donors (Lipinski definition) is 26. The molecule has 824 valence electrons. The van der Waals surface area contributed by atoms with Gasteiger partial charge in [0.25, 0.3) is 0 Å². The number of hydrogen-bond acceptors (Lipinski definition) is 27. The number of fused-ring (bicyclic) bond motifs is 1. The topological polar surface area (TPSA) is 778 Å². The first-order valence-electron chi connectivity index (χ1n) is 50.6. The number of benzene rings is 3. The van der Waals surface area contributed by atoms with Gasteiger partial charge in [-0.2, -0.15) is 0 Å². The van der Waals surface area contributed by atoms with Crippen LogP contribution in [0.4, 0.5) is 0 Å². The van der Waals surface area contributed by atoms with Gasteiger partial charge >= 0.3 is 5.97 Å². The summed E-state index contributed by atoms with van der Waals surface area (Å²) in [7, 11) is 0. The number of primary amides is 2. The summed E-state index contributed by atoms with van der Waals surface area (Å²) in [6, 6.07) is -4.09. The van der Waals surface area contributed by atoms with Crippen LogP contribution in [0.3, 0.4) is 0 Å². The van der Waals surface area contributed by atoms with Gasteiger partial charge in [0.05, 0.1) is 51.4 Å². The van der Waals surface area contributed by atoms with Crippen LogP contribution < -0.4 is 113 Å². The number of nitrogens with two attached hydrogens (primary N) is 4. The monoisotopic (exact) mass is 2110 g/mol. The Morgan fingerprint density at radius 3 is 1.47 bits per heavy atom. The number of carboxylic acid groups (broad SMARTS) is 1. The number of nitrogens with zero attached hydrogens (tertiary/aromatic N) is 2. The van der Waals surface area contributed by atoms with Crippen molar-refractivity contribution < 1.29 is 121 Å². The number of rotatable bonds is 44. The van der Waals surface area contributed by atoms with E-state index in [9.17, 15) is 87.5 Å². The maximum atomic E-state index is 15.3. The van der Waals surface area contributed by atoms with Crippen molar-refractivity contribution in [1.82, 2.24) is 100 Å². The Bertz CT molecular complexity index is 4990. The molecule has 0 bridgehead atoms. The molecular formula is C99H152N24O25S. The van der Waals surface area contributed by atoms with E-state index in [2.05, 4.69) is 90.4 Å². The molecule has 3 aromatic carbocycles. The highest BCUT2D eigenvalue weighted by molar-refractivity contribution is 8.00. The van der Waals surface area contributed by atoms with Crippen LogP contribution in [-0.2, 0) is 120 Å². The Morgan fingerprint density at radius 2 is 0.940 bits per heavy atom. The number of guanidine groups is 1. The predicted molar refractivity (Wildman–Crippen MR) is 548 cm³/mol. The molecule has 0 aliphatic carbocycles. The third-order valence-electron chi connectivity index (χ3n) is 24.3. The first-order valence-corrected chi connectivity index (χ1v) is 51.7. The van der Waals surface area contributed by atoms with E-state index in [4.69, 9.17) is 28.3 Å². The van der Waals surface area contributed by atoms with Crippen molar-refractivity contribution in [2.75, 3.05) is 70.5 Å². The highest BCUT2D eigenvalue weighted by Gasteiger charge is 2.43. The summed E-state index contributed by atoms with van der Waals surface area (Å²) in [6.45, 7) is 7.62. The van der Waals surface area contributed by atoms with Gasteiger partial charge in [-0.05, 0) is 130 Å². The molecule has 3 aromatic rings. The van der Waals surface area contributed by atoms with Crippen LogP contribution in [0.1, 0.15) is 206 Å². The Balaban J connectivity index is 1.68. The van der Waals surface area contributed by atoms with Crippen LogP contribution in [0.15, 0.2) is 78.9 Å². The van der Waals surface area contributed by atoms with E-state index >= 15 is 33.6 Å². The summed E-state index contributed by atoms with van der Waals surface area (Å²) >= 11 is 0.650. The Labute approximate surface area is 870 Å². The molecule has 2 aliphatic heterocycles. The molecule has 49 nitrogen and oxygen atoms in total. The van der Waals surface area contributed by atoms with E-state index in [1.807, 2.05) is 20.8 Å². The molecule has 2 saturated heterocycles. The van der Waals surface area contributed by atoms with E-state index in [0.717, 1.165) is 4.90 Å². The molecule has 50 heteroatoms. The van der Waals surface area contributed by atoms with Crippen molar-refractivity contribution in [3.05, 3.63) is 95.6 Å². The number of phenolic OH excluding ortho intramolecular Hbond substituents is 2. The Hall–Kier alpha value is -14.3. The number of unbranched alkanes of at least 4 members (excludes halogenated alkanes) is 8. The van der Waals surface area contributed by atoms with Crippen LogP contribution in [-0.4, -0.2) is 315 Å². The number of amides is 20. The average molecular weight is 2110 g/mol. The molecule has 20 amide bonds. The Morgan fingerprint density at radius 1 is 0.470 bits per heavy atom. The summed E-state index contributed by atoms with van der Waals surface area (Å²) < 4.78 is 0. The zero-order valence-electron chi connectivity index (χ0n) is 85.7. The van der Waals surface area contributed by atoms with Crippen molar-refractivity contribution in [3.8, 4) is 11.5 Å². The number of aliphatic carboxylic acids is 1. The lowest BCUT2D eigenvalue weighted by atomic mass is 10.00. The molecular weight excluding hydrogens is 1960 g/mol. The highest BCUT2D eigenvalue weighted by Crippen LogP contribution is 2.24. The molecule has 0 spiro atoms. The van der Waals surface area contributed by atoms with Crippen molar-refractivity contribution in [1.29, 1.82) is 5.41 Å². The smallest absolute Gasteiger partial charge is 0.305 e. The number of aliphatic hydroxyl groups is 1. The van der Waals surface area contributed by atoms with Crippen LogP contribution in [0.5, 0.6) is 11.5 Å². The predicted octanol–water partition coefficient (Wildman–Crippen LogP) is -3.99. The van der Waals surface area contributed by atoms with Crippen LogP contribution in [0.2, 0.25) is 0 Å². The third-order valence-corrected chi connectivity index (χ3v) is 25.4. The van der Waals surface area contributed by atoms with Crippen molar-refractivity contribution in [2.24, 2.45) is 34.8 Å². The average Bonchev–Trinajstić information content (AvgIpc) is 1.54. The van der Waals surface area contributed by atoms with Crippen molar-refractivity contribution in [2.45, 2.75) is 294 Å². The zero-order valence-corrected chi connectivity index (χ0v) is 86.5. The maximum absolute atomic E-state index is 15.3. The largest absolute Gasteiger partial charge is 0.508 e. The minimum Gasteiger partial charge on any atom is -0.508 e. The molecule has 149 heavy (non-hydrogen) atoms. The number of aliphatic hydroxyl groups excluding tert-OH is 1. The van der Waals surface area contributed by atoms with Gasteiger partial charge in [-0.3, -0.25) is 106 Å². The van der Waals surface area contributed by atoms with Crippen LogP contribution in [0.25, 0.3) is 0 Å². The lowest BCUT2D eigenvalue weighted by Gasteiger charge is -2.32. The summed E-state index contributed by atoms with van der Waals surface area (Å²) in [5, 5.41) is 92.9. The minimum absolute atomic E-state index is 0.00321. The molecule has 2 fully saturated rings. The summed E-state index contributed by atoms with van der Waals surface area (Å²) in [5.74, 6) is -25.4. The number of nitrogens with one attached hydrogen (secondary N) is 18.